The Bertz CT molecular complexity index is 233. The van der Waals surface area contributed by atoms with E-state index in [2.05, 4.69) is 13.8 Å². The third-order valence-corrected chi connectivity index (χ3v) is 3.97. The predicted octanol–water partition coefficient (Wildman–Crippen LogP) is 3.59. The number of hydrogen-bond donors (Lipinski definition) is 0. The van der Waals surface area contributed by atoms with Crippen LogP contribution in [0, 0.1) is 11.3 Å². The molecule has 16 heavy (non-hydrogen) atoms. The van der Waals surface area contributed by atoms with E-state index >= 15 is 0 Å². The van der Waals surface area contributed by atoms with Crippen LogP contribution in [0.1, 0.15) is 59.8 Å². The molecule has 0 amide bonds. The molecular formula is C14H26O2. The molecule has 1 aliphatic rings. The van der Waals surface area contributed by atoms with E-state index in [4.69, 9.17) is 4.74 Å². The van der Waals surface area contributed by atoms with Crippen molar-refractivity contribution in [2.24, 2.45) is 11.3 Å². The fraction of sp³-hybridized carbons (Fsp3) is 0.929. The van der Waals surface area contributed by atoms with E-state index in [1.54, 1.807) is 0 Å². The molecule has 0 radical (unpaired) electrons. The van der Waals surface area contributed by atoms with E-state index in [-0.39, 0.29) is 11.5 Å². The average molecular weight is 226 g/mol. The van der Waals surface area contributed by atoms with Gasteiger partial charge >= 0.3 is 0 Å². The fourth-order valence-electron chi connectivity index (χ4n) is 2.15. The van der Waals surface area contributed by atoms with E-state index in [0.717, 1.165) is 6.61 Å². The zero-order valence-corrected chi connectivity index (χ0v) is 11.2. The number of hydrogen-bond acceptors (Lipinski definition) is 2. The Hall–Kier alpha value is -0.370. The van der Waals surface area contributed by atoms with Crippen molar-refractivity contribution in [2.75, 3.05) is 6.61 Å². The van der Waals surface area contributed by atoms with Crippen LogP contribution in [-0.2, 0) is 9.53 Å². The maximum absolute atomic E-state index is 11.4. The maximum atomic E-state index is 11.4. The summed E-state index contributed by atoms with van der Waals surface area (Å²) < 4.78 is 5.89. The van der Waals surface area contributed by atoms with Gasteiger partial charge in [-0.15, -0.1) is 0 Å². The predicted molar refractivity (Wildman–Crippen MR) is 66.5 cm³/mol. The number of carbonyl (C=O) groups is 1. The minimum absolute atomic E-state index is 0.163. The number of ketones is 1. The lowest BCUT2D eigenvalue weighted by molar-refractivity contribution is -0.160. The van der Waals surface area contributed by atoms with E-state index in [1.807, 2.05) is 13.8 Å². The highest BCUT2D eigenvalue weighted by Gasteiger charge is 2.48. The minimum atomic E-state index is -0.233. The van der Waals surface area contributed by atoms with Gasteiger partial charge in [-0.2, -0.15) is 0 Å². The van der Waals surface area contributed by atoms with Crippen LogP contribution in [0.3, 0.4) is 0 Å². The number of Topliss-reactive ketones (excluding diaryl/α,β-unsaturated/α-hetero) is 1. The molecule has 2 unspecified atom stereocenters. The van der Waals surface area contributed by atoms with Crippen molar-refractivity contribution in [3.05, 3.63) is 0 Å². The van der Waals surface area contributed by atoms with Gasteiger partial charge in [-0.1, -0.05) is 47.0 Å². The van der Waals surface area contributed by atoms with Crippen molar-refractivity contribution < 1.29 is 9.53 Å². The van der Waals surface area contributed by atoms with Gasteiger partial charge in [0, 0.05) is 13.0 Å². The van der Waals surface area contributed by atoms with Crippen molar-refractivity contribution >= 4 is 5.78 Å². The first-order chi connectivity index (χ1) is 7.52. The zero-order chi connectivity index (χ0) is 12.2. The summed E-state index contributed by atoms with van der Waals surface area (Å²) in [5, 5.41) is 0. The third-order valence-electron chi connectivity index (χ3n) is 3.97. The lowest BCUT2D eigenvalue weighted by Gasteiger charge is -2.42. The van der Waals surface area contributed by atoms with Crippen LogP contribution in [0.5, 0.6) is 0 Å². The summed E-state index contributed by atoms with van der Waals surface area (Å²) in [6.07, 6.45) is 5.77. The van der Waals surface area contributed by atoms with Gasteiger partial charge in [-0.3, -0.25) is 4.79 Å². The molecule has 0 heterocycles. The molecule has 0 aromatic heterocycles. The van der Waals surface area contributed by atoms with Gasteiger partial charge in [0.25, 0.3) is 0 Å². The van der Waals surface area contributed by atoms with E-state index < -0.39 is 0 Å². The standard InChI is InChI=1S/C14H26O2/c1-5-7-8-11(6-2)10-16-13-9-12(15)14(13,3)4/h11,13H,5-10H2,1-4H3. The first kappa shape index (κ1) is 13.7. The van der Waals surface area contributed by atoms with Gasteiger partial charge in [0.15, 0.2) is 0 Å². The van der Waals surface area contributed by atoms with Crippen molar-refractivity contribution in [3.8, 4) is 0 Å². The van der Waals surface area contributed by atoms with Crippen molar-refractivity contribution in [1.29, 1.82) is 0 Å². The summed E-state index contributed by atoms with van der Waals surface area (Å²) in [6.45, 7) is 9.27. The second-order valence-corrected chi connectivity index (χ2v) is 5.59. The van der Waals surface area contributed by atoms with Crippen molar-refractivity contribution in [3.63, 3.8) is 0 Å². The van der Waals surface area contributed by atoms with Crippen LogP contribution in [0.15, 0.2) is 0 Å². The molecule has 0 bridgehead atoms. The number of rotatable bonds is 7. The molecule has 1 rings (SSSR count). The first-order valence-corrected chi connectivity index (χ1v) is 6.67. The average Bonchev–Trinajstić information content (AvgIpc) is 2.27. The normalized spacial score (nSPS) is 25.2. The highest BCUT2D eigenvalue weighted by atomic mass is 16.5. The molecule has 94 valence electrons. The lowest BCUT2D eigenvalue weighted by atomic mass is 9.68. The summed E-state index contributed by atoms with van der Waals surface area (Å²) >= 11 is 0. The summed E-state index contributed by atoms with van der Waals surface area (Å²) in [5.41, 5.74) is -0.233. The Balaban J connectivity index is 2.25. The maximum Gasteiger partial charge on any atom is 0.143 e. The zero-order valence-electron chi connectivity index (χ0n) is 11.2. The Morgan fingerprint density at radius 2 is 2.12 bits per heavy atom. The second kappa shape index (κ2) is 5.81. The van der Waals surface area contributed by atoms with Crippen LogP contribution in [0.25, 0.3) is 0 Å². The van der Waals surface area contributed by atoms with Crippen molar-refractivity contribution in [2.45, 2.75) is 65.9 Å². The summed E-state index contributed by atoms with van der Waals surface area (Å²) in [5.74, 6) is 1.02. The van der Waals surface area contributed by atoms with Gasteiger partial charge < -0.3 is 4.74 Å². The lowest BCUT2D eigenvalue weighted by Crippen LogP contribution is -2.51. The molecule has 0 aromatic carbocycles. The smallest absolute Gasteiger partial charge is 0.143 e. The molecule has 2 heteroatoms. The van der Waals surface area contributed by atoms with Crippen LogP contribution in [0.2, 0.25) is 0 Å². The quantitative estimate of drug-likeness (QED) is 0.663. The SMILES string of the molecule is CCCCC(CC)COC1CC(=O)C1(C)C. The molecule has 1 aliphatic carbocycles. The van der Waals surface area contributed by atoms with Gasteiger partial charge in [0.2, 0.25) is 0 Å². The van der Waals surface area contributed by atoms with Crippen LogP contribution >= 0.6 is 0 Å². The van der Waals surface area contributed by atoms with E-state index in [9.17, 15) is 4.79 Å². The van der Waals surface area contributed by atoms with Gasteiger partial charge in [0.05, 0.1) is 11.5 Å². The molecule has 2 nitrogen and oxygen atoms in total. The number of carbonyl (C=O) groups excluding carboxylic acids is 1. The molecular weight excluding hydrogens is 200 g/mol. The molecule has 0 aliphatic heterocycles. The van der Waals surface area contributed by atoms with Gasteiger partial charge in [-0.05, 0) is 12.3 Å². The largest absolute Gasteiger partial charge is 0.376 e. The monoisotopic (exact) mass is 226 g/mol. The molecule has 0 saturated heterocycles. The highest BCUT2D eigenvalue weighted by Crippen LogP contribution is 2.39. The number of unbranched alkanes of at least 4 members (excludes halogenated alkanes) is 1. The van der Waals surface area contributed by atoms with Gasteiger partial charge in [-0.25, -0.2) is 0 Å². The van der Waals surface area contributed by atoms with Crippen LogP contribution in [-0.4, -0.2) is 18.5 Å². The molecule has 2 atom stereocenters. The Labute approximate surface area is 99.8 Å². The summed E-state index contributed by atoms with van der Waals surface area (Å²) in [6, 6.07) is 0. The topological polar surface area (TPSA) is 26.3 Å². The molecule has 1 saturated carbocycles. The summed E-state index contributed by atoms with van der Waals surface area (Å²) in [4.78, 5) is 11.4. The minimum Gasteiger partial charge on any atom is -0.376 e. The van der Waals surface area contributed by atoms with Gasteiger partial charge in [0.1, 0.15) is 5.78 Å². The second-order valence-electron chi connectivity index (χ2n) is 5.59. The molecule has 0 aromatic rings. The Kier molecular flexibility index (Phi) is 4.97. The highest BCUT2D eigenvalue weighted by molar-refractivity contribution is 5.91. The molecule has 0 spiro atoms. The van der Waals surface area contributed by atoms with Crippen LogP contribution in [0.4, 0.5) is 0 Å². The van der Waals surface area contributed by atoms with E-state index in [1.165, 1.54) is 25.7 Å². The fourth-order valence-corrected chi connectivity index (χ4v) is 2.15. The number of ether oxygens (including phenoxy) is 1. The molecule has 1 fully saturated rings. The third kappa shape index (κ3) is 3.07. The Morgan fingerprint density at radius 1 is 1.44 bits per heavy atom. The van der Waals surface area contributed by atoms with Crippen molar-refractivity contribution in [1.82, 2.24) is 0 Å². The first-order valence-electron chi connectivity index (χ1n) is 6.67. The Morgan fingerprint density at radius 3 is 2.56 bits per heavy atom. The summed E-state index contributed by atoms with van der Waals surface area (Å²) in [7, 11) is 0. The van der Waals surface area contributed by atoms with Crippen LogP contribution < -0.4 is 0 Å². The molecule has 0 N–H and O–H groups in total. The van der Waals surface area contributed by atoms with E-state index in [0.29, 0.717) is 18.1 Å².